The largest absolute Gasteiger partial charge is 0.417 e. The number of rotatable bonds is 5. The summed E-state index contributed by atoms with van der Waals surface area (Å²) in [5.41, 5.74) is 4.94. The molecular formula is C12H18F3N3. The Labute approximate surface area is 105 Å². The number of halogens is 3. The van der Waals surface area contributed by atoms with Crippen LogP contribution in [0.2, 0.25) is 0 Å². The Morgan fingerprint density at radius 3 is 2.17 bits per heavy atom. The number of nitrogens with two attached hydrogens (primary N) is 1. The average Bonchev–Trinajstić information content (AvgIpc) is 2.27. The molecule has 2 N–H and O–H groups in total. The topological polar surface area (TPSA) is 42.2 Å². The molecule has 0 fully saturated rings. The van der Waals surface area contributed by atoms with E-state index in [1.54, 1.807) is 0 Å². The van der Waals surface area contributed by atoms with Crippen molar-refractivity contribution in [1.82, 2.24) is 4.98 Å². The Balaban J connectivity index is 3.03. The van der Waals surface area contributed by atoms with Gasteiger partial charge in [-0.15, -0.1) is 0 Å². The number of alkyl halides is 3. The second kappa shape index (κ2) is 5.93. The summed E-state index contributed by atoms with van der Waals surface area (Å²) in [6, 6.07) is 0.945. The fraction of sp³-hybridized carbons (Fsp3) is 0.583. The van der Waals surface area contributed by atoms with Crippen LogP contribution in [0.1, 0.15) is 32.3 Å². The van der Waals surface area contributed by atoms with Crippen LogP contribution in [0.25, 0.3) is 0 Å². The number of nitrogen functional groups attached to an aromatic ring is 1. The van der Waals surface area contributed by atoms with Crippen molar-refractivity contribution in [3.05, 3.63) is 17.8 Å². The van der Waals surface area contributed by atoms with Crippen molar-refractivity contribution in [1.29, 1.82) is 0 Å². The first kappa shape index (κ1) is 14.6. The maximum Gasteiger partial charge on any atom is 0.417 e. The van der Waals surface area contributed by atoms with E-state index in [9.17, 15) is 13.2 Å². The van der Waals surface area contributed by atoms with Crippen molar-refractivity contribution >= 4 is 11.5 Å². The lowest BCUT2D eigenvalue weighted by molar-refractivity contribution is -0.137. The minimum absolute atomic E-state index is 0.0757. The molecule has 0 atom stereocenters. The molecule has 0 aliphatic rings. The molecule has 0 saturated heterocycles. The summed E-state index contributed by atoms with van der Waals surface area (Å²) in [6.45, 7) is 5.47. The van der Waals surface area contributed by atoms with Crippen molar-refractivity contribution in [2.24, 2.45) is 0 Å². The van der Waals surface area contributed by atoms with E-state index in [-0.39, 0.29) is 5.69 Å². The zero-order valence-corrected chi connectivity index (χ0v) is 10.6. The quantitative estimate of drug-likeness (QED) is 0.884. The summed E-state index contributed by atoms with van der Waals surface area (Å²) in [4.78, 5) is 5.78. The monoisotopic (exact) mass is 261 g/mol. The van der Waals surface area contributed by atoms with Crippen LogP contribution in [0.3, 0.4) is 0 Å². The lowest BCUT2D eigenvalue weighted by Gasteiger charge is -2.24. The van der Waals surface area contributed by atoms with Gasteiger partial charge in [-0.05, 0) is 18.9 Å². The van der Waals surface area contributed by atoms with Gasteiger partial charge in [0.2, 0.25) is 0 Å². The van der Waals surface area contributed by atoms with Gasteiger partial charge in [-0.25, -0.2) is 4.98 Å². The first-order valence-electron chi connectivity index (χ1n) is 5.97. The van der Waals surface area contributed by atoms with Gasteiger partial charge >= 0.3 is 6.18 Å². The van der Waals surface area contributed by atoms with Crippen molar-refractivity contribution in [2.75, 3.05) is 23.7 Å². The van der Waals surface area contributed by atoms with E-state index in [2.05, 4.69) is 4.98 Å². The molecule has 6 heteroatoms. The summed E-state index contributed by atoms with van der Waals surface area (Å²) in [5, 5.41) is 0. The Bertz CT molecular complexity index is 385. The predicted octanol–water partition coefficient (Wildman–Crippen LogP) is 3.31. The fourth-order valence-corrected chi connectivity index (χ4v) is 1.76. The number of nitrogens with zero attached hydrogens (tertiary/aromatic N) is 2. The van der Waals surface area contributed by atoms with Gasteiger partial charge in [-0.1, -0.05) is 13.8 Å². The molecule has 0 amide bonds. The Morgan fingerprint density at radius 2 is 1.78 bits per heavy atom. The van der Waals surface area contributed by atoms with Gasteiger partial charge in [0, 0.05) is 19.3 Å². The normalized spacial score (nSPS) is 11.6. The van der Waals surface area contributed by atoms with Crippen LogP contribution in [0.4, 0.5) is 24.7 Å². The fourth-order valence-electron chi connectivity index (χ4n) is 1.76. The Kier molecular flexibility index (Phi) is 4.81. The summed E-state index contributed by atoms with van der Waals surface area (Å²) in [7, 11) is 0. The van der Waals surface area contributed by atoms with Crippen LogP contribution in [0, 0.1) is 0 Å². The number of hydrogen-bond acceptors (Lipinski definition) is 3. The maximum absolute atomic E-state index is 12.5. The zero-order valence-electron chi connectivity index (χ0n) is 10.6. The molecule has 0 spiro atoms. The van der Waals surface area contributed by atoms with E-state index in [4.69, 9.17) is 5.73 Å². The summed E-state index contributed by atoms with van der Waals surface area (Å²) < 4.78 is 37.5. The summed E-state index contributed by atoms with van der Waals surface area (Å²) in [5.74, 6) is 0.437. The predicted molar refractivity (Wildman–Crippen MR) is 66.4 cm³/mol. The maximum atomic E-state index is 12.5. The van der Waals surface area contributed by atoms with Crippen LogP contribution in [0.5, 0.6) is 0 Å². The molecule has 1 aromatic heterocycles. The van der Waals surface area contributed by atoms with E-state index in [1.807, 2.05) is 18.7 Å². The Morgan fingerprint density at radius 1 is 1.22 bits per heavy atom. The van der Waals surface area contributed by atoms with Gasteiger partial charge in [0.1, 0.15) is 0 Å². The number of aromatic nitrogens is 1. The second-order valence-corrected chi connectivity index (χ2v) is 4.12. The van der Waals surface area contributed by atoms with E-state index in [1.165, 1.54) is 0 Å². The van der Waals surface area contributed by atoms with Crippen LogP contribution in [-0.2, 0) is 6.18 Å². The minimum atomic E-state index is -4.40. The molecule has 3 nitrogen and oxygen atoms in total. The minimum Gasteiger partial charge on any atom is -0.396 e. The SMILES string of the molecule is CCCN(CCC)c1ncc(C(F)(F)F)cc1N. The number of anilines is 2. The van der Waals surface area contributed by atoms with Crippen molar-refractivity contribution in [3.63, 3.8) is 0 Å². The molecule has 1 rings (SSSR count). The van der Waals surface area contributed by atoms with Crippen LogP contribution in [-0.4, -0.2) is 18.1 Å². The van der Waals surface area contributed by atoms with Gasteiger partial charge < -0.3 is 10.6 Å². The highest BCUT2D eigenvalue weighted by atomic mass is 19.4. The molecule has 0 unspecified atom stereocenters. The van der Waals surface area contributed by atoms with Crippen molar-refractivity contribution in [3.8, 4) is 0 Å². The molecule has 0 radical (unpaired) electrons. The van der Waals surface area contributed by atoms with Crippen LogP contribution in [0.15, 0.2) is 12.3 Å². The Hall–Kier alpha value is -1.46. The number of hydrogen-bond donors (Lipinski definition) is 1. The molecule has 1 heterocycles. The molecule has 102 valence electrons. The van der Waals surface area contributed by atoms with E-state index in [0.29, 0.717) is 5.82 Å². The van der Waals surface area contributed by atoms with Gasteiger partial charge in [0.15, 0.2) is 5.82 Å². The van der Waals surface area contributed by atoms with Crippen molar-refractivity contribution < 1.29 is 13.2 Å². The molecule has 18 heavy (non-hydrogen) atoms. The third-order valence-electron chi connectivity index (χ3n) is 2.51. The standard InChI is InChI=1S/C12H18F3N3/c1-3-5-18(6-4-2)11-10(16)7-9(8-17-11)12(13,14)15/h7-8H,3-6,16H2,1-2H3. The van der Waals surface area contributed by atoms with Crippen molar-refractivity contribution in [2.45, 2.75) is 32.9 Å². The summed E-state index contributed by atoms with van der Waals surface area (Å²) >= 11 is 0. The molecule has 0 saturated carbocycles. The van der Waals surface area contributed by atoms with Crippen LogP contribution < -0.4 is 10.6 Å². The summed E-state index contributed by atoms with van der Waals surface area (Å²) in [6.07, 6.45) is -1.78. The lowest BCUT2D eigenvalue weighted by Crippen LogP contribution is -2.27. The third kappa shape index (κ3) is 3.51. The molecule has 0 aliphatic carbocycles. The second-order valence-electron chi connectivity index (χ2n) is 4.12. The van der Waals surface area contributed by atoms with Gasteiger partial charge in [-0.2, -0.15) is 13.2 Å². The van der Waals surface area contributed by atoms with E-state index in [0.717, 1.165) is 38.2 Å². The third-order valence-corrected chi connectivity index (χ3v) is 2.51. The molecule has 1 aromatic rings. The molecular weight excluding hydrogens is 243 g/mol. The number of pyridine rings is 1. The van der Waals surface area contributed by atoms with Gasteiger partial charge in [0.25, 0.3) is 0 Å². The highest BCUT2D eigenvalue weighted by Crippen LogP contribution is 2.32. The highest BCUT2D eigenvalue weighted by Gasteiger charge is 2.31. The van der Waals surface area contributed by atoms with Gasteiger partial charge in [-0.3, -0.25) is 0 Å². The molecule has 0 aliphatic heterocycles. The highest BCUT2D eigenvalue weighted by molar-refractivity contribution is 5.63. The van der Waals surface area contributed by atoms with Crippen LogP contribution >= 0.6 is 0 Å². The first-order chi connectivity index (χ1) is 8.40. The molecule has 0 aromatic carbocycles. The zero-order chi connectivity index (χ0) is 13.8. The van der Waals surface area contributed by atoms with E-state index < -0.39 is 11.7 Å². The average molecular weight is 261 g/mol. The lowest BCUT2D eigenvalue weighted by atomic mass is 10.2. The smallest absolute Gasteiger partial charge is 0.396 e. The molecule has 0 bridgehead atoms. The van der Waals surface area contributed by atoms with E-state index >= 15 is 0 Å². The first-order valence-corrected chi connectivity index (χ1v) is 5.97. The van der Waals surface area contributed by atoms with Gasteiger partial charge in [0.05, 0.1) is 11.3 Å².